The van der Waals surface area contributed by atoms with Gasteiger partial charge in [-0.25, -0.2) is 8.99 Å². The number of aryl methyl sites for hydroxylation is 1. The molecule has 4 rings (SSSR count). The summed E-state index contributed by atoms with van der Waals surface area (Å²) in [6.45, 7) is 1.80. The first kappa shape index (κ1) is 21.3. The fraction of sp³-hybridized carbons (Fsp3) is 0.136. The van der Waals surface area contributed by atoms with E-state index >= 15 is 0 Å². The van der Waals surface area contributed by atoms with Gasteiger partial charge in [0.05, 0.1) is 24.2 Å². The molecule has 0 radical (unpaired) electrons. The number of carbonyl (C=O) groups is 1. The Balaban J connectivity index is 1.70. The highest BCUT2D eigenvalue weighted by Gasteiger charge is 2.30. The average molecular weight is 452 g/mol. The molecule has 32 heavy (non-hydrogen) atoms. The summed E-state index contributed by atoms with van der Waals surface area (Å²) in [6.07, 6.45) is 1.43. The van der Waals surface area contributed by atoms with Gasteiger partial charge in [0.1, 0.15) is 17.3 Å². The number of aromatic nitrogens is 2. The zero-order valence-electron chi connectivity index (χ0n) is 17.7. The van der Waals surface area contributed by atoms with Gasteiger partial charge in [-0.2, -0.15) is 13.5 Å². The van der Waals surface area contributed by atoms with Gasteiger partial charge in [-0.05, 0) is 37.3 Å². The van der Waals surface area contributed by atoms with Gasteiger partial charge in [0.15, 0.2) is 0 Å². The maximum atomic E-state index is 13.2. The summed E-state index contributed by atoms with van der Waals surface area (Å²) in [6, 6.07) is 17.8. The smallest absolute Gasteiger partial charge is 0.345 e. The van der Waals surface area contributed by atoms with Crippen molar-refractivity contribution >= 4 is 27.6 Å². The number of amides is 1. The first-order chi connectivity index (χ1) is 15.3. The summed E-state index contributed by atoms with van der Waals surface area (Å²) in [7, 11) is -1.30. The van der Waals surface area contributed by atoms with Gasteiger partial charge in [0, 0.05) is 18.7 Å². The van der Waals surface area contributed by atoms with Crippen LogP contribution < -0.4 is 10.1 Å². The second kappa shape index (κ2) is 8.31. The molecule has 3 aromatic rings. The SMILES string of the molecule is COc1cccc(C2=NS(=O)(=O)N(C)C(C(=O)Nc3cc(C)nn3-c3ccccc3)=C2)c1. The molecule has 2 aromatic carbocycles. The number of nitrogens with one attached hydrogen (secondary N) is 1. The second-order valence-corrected chi connectivity index (χ2v) is 8.68. The van der Waals surface area contributed by atoms with Crippen molar-refractivity contribution in [2.45, 2.75) is 6.92 Å². The Hall–Kier alpha value is -3.92. The molecule has 1 aliphatic rings. The van der Waals surface area contributed by atoms with Crippen molar-refractivity contribution in [2.75, 3.05) is 19.5 Å². The van der Waals surface area contributed by atoms with Crippen molar-refractivity contribution in [2.24, 2.45) is 4.40 Å². The van der Waals surface area contributed by atoms with Crippen LogP contribution in [-0.4, -0.2) is 48.3 Å². The molecular weight excluding hydrogens is 430 g/mol. The van der Waals surface area contributed by atoms with E-state index in [1.54, 1.807) is 41.9 Å². The molecule has 164 valence electrons. The molecule has 9 nitrogen and oxygen atoms in total. The molecular formula is C22H21N5O4S. The van der Waals surface area contributed by atoms with E-state index < -0.39 is 16.1 Å². The number of anilines is 1. The lowest BCUT2D eigenvalue weighted by Gasteiger charge is -2.23. The van der Waals surface area contributed by atoms with Crippen LogP contribution in [0.4, 0.5) is 5.82 Å². The Morgan fingerprint density at radius 3 is 2.53 bits per heavy atom. The Bertz CT molecular complexity index is 1340. The van der Waals surface area contributed by atoms with Gasteiger partial charge < -0.3 is 10.1 Å². The van der Waals surface area contributed by atoms with Crippen LogP contribution in [0.15, 0.2) is 76.8 Å². The normalized spacial score (nSPS) is 15.0. The highest BCUT2D eigenvalue weighted by atomic mass is 32.2. The molecule has 1 N–H and O–H groups in total. The molecule has 0 unspecified atom stereocenters. The third-order valence-corrected chi connectivity index (χ3v) is 6.16. The molecule has 0 bridgehead atoms. The lowest BCUT2D eigenvalue weighted by atomic mass is 10.1. The number of ether oxygens (including phenoxy) is 1. The predicted octanol–water partition coefficient (Wildman–Crippen LogP) is 2.69. The van der Waals surface area contributed by atoms with Crippen molar-refractivity contribution in [3.05, 3.63) is 83.7 Å². The Morgan fingerprint density at radius 1 is 1.06 bits per heavy atom. The van der Waals surface area contributed by atoms with E-state index in [2.05, 4.69) is 14.8 Å². The van der Waals surface area contributed by atoms with E-state index in [0.717, 1.165) is 9.99 Å². The van der Waals surface area contributed by atoms with E-state index in [1.807, 2.05) is 30.3 Å². The summed E-state index contributed by atoms with van der Waals surface area (Å²) in [5.41, 5.74) is 2.03. The van der Waals surface area contributed by atoms with Crippen molar-refractivity contribution in [1.82, 2.24) is 14.1 Å². The largest absolute Gasteiger partial charge is 0.497 e. The Labute approximate surface area is 185 Å². The third-order valence-electron chi connectivity index (χ3n) is 4.84. The van der Waals surface area contributed by atoms with E-state index in [0.29, 0.717) is 22.8 Å². The molecule has 1 amide bonds. The minimum absolute atomic E-state index is 0.0729. The van der Waals surface area contributed by atoms with Crippen LogP contribution in [0.1, 0.15) is 11.3 Å². The van der Waals surface area contributed by atoms with Crippen LogP contribution >= 0.6 is 0 Å². The predicted molar refractivity (Wildman–Crippen MR) is 121 cm³/mol. The van der Waals surface area contributed by atoms with Crippen LogP contribution in [-0.2, 0) is 15.0 Å². The average Bonchev–Trinajstić information content (AvgIpc) is 3.15. The van der Waals surface area contributed by atoms with Crippen LogP contribution in [0, 0.1) is 6.92 Å². The number of allylic oxidation sites excluding steroid dienone is 1. The van der Waals surface area contributed by atoms with Gasteiger partial charge >= 0.3 is 10.2 Å². The number of hydrogen-bond donors (Lipinski definition) is 1. The highest BCUT2D eigenvalue weighted by Crippen LogP contribution is 2.24. The number of likely N-dealkylation sites (N-methyl/N-ethyl adjacent to an activating group) is 1. The van der Waals surface area contributed by atoms with Crippen LogP contribution in [0.2, 0.25) is 0 Å². The quantitative estimate of drug-likeness (QED) is 0.642. The molecule has 0 aliphatic carbocycles. The van der Waals surface area contributed by atoms with Gasteiger partial charge in [-0.1, -0.05) is 30.3 Å². The Morgan fingerprint density at radius 2 is 1.81 bits per heavy atom. The Kier molecular flexibility index (Phi) is 5.54. The maximum absolute atomic E-state index is 13.2. The zero-order chi connectivity index (χ0) is 22.9. The standard InChI is InChI=1S/C22H21N5O4S/c1-15-12-21(27(24-15)17-9-5-4-6-10-17)23-22(28)20-14-19(25-32(29,30)26(20)2)16-8-7-11-18(13-16)31-3/h4-14H,1-3H3,(H,23,28). The number of carbonyl (C=O) groups excluding carboxylic acids is 1. The van der Waals surface area contributed by atoms with Crippen LogP contribution in [0.3, 0.4) is 0 Å². The van der Waals surface area contributed by atoms with Crippen LogP contribution in [0.5, 0.6) is 5.75 Å². The number of hydrogen-bond acceptors (Lipinski definition) is 5. The molecule has 0 saturated carbocycles. The summed E-state index contributed by atoms with van der Waals surface area (Å²) >= 11 is 0. The summed E-state index contributed by atoms with van der Waals surface area (Å²) in [5, 5.41) is 7.19. The number of methoxy groups -OCH3 is 1. The number of rotatable bonds is 5. The van der Waals surface area contributed by atoms with Crippen LogP contribution in [0.25, 0.3) is 5.69 Å². The maximum Gasteiger partial charge on any atom is 0.345 e. The minimum Gasteiger partial charge on any atom is -0.497 e. The van der Waals surface area contributed by atoms with Gasteiger partial charge in [-0.3, -0.25) is 4.79 Å². The molecule has 0 atom stereocenters. The molecule has 2 heterocycles. The monoisotopic (exact) mass is 451 g/mol. The van der Waals surface area contributed by atoms with Gasteiger partial charge in [0.25, 0.3) is 5.91 Å². The lowest BCUT2D eigenvalue weighted by molar-refractivity contribution is -0.113. The fourth-order valence-corrected chi connectivity index (χ4v) is 4.13. The van der Waals surface area contributed by atoms with Crippen molar-refractivity contribution in [3.8, 4) is 11.4 Å². The zero-order valence-corrected chi connectivity index (χ0v) is 18.5. The minimum atomic E-state index is -4.09. The first-order valence-corrected chi connectivity index (χ1v) is 11.1. The summed E-state index contributed by atoms with van der Waals surface area (Å²) in [4.78, 5) is 13.2. The number of nitrogens with zero attached hydrogens (tertiary/aromatic N) is 4. The molecule has 10 heteroatoms. The summed E-state index contributed by atoms with van der Waals surface area (Å²) in [5.74, 6) is 0.349. The molecule has 1 aromatic heterocycles. The van der Waals surface area contributed by atoms with E-state index in [9.17, 15) is 13.2 Å². The van der Waals surface area contributed by atoms with E-state index in [1.165, 1.54) is 20.2 Å². The van der Waals surface area contributed by atoms with E-state index in [-0.39, 0.29) is 11.4 Å². The van der Waals surface area contributed by atoms with E-state index in [4.69, 9.17) is 4.74 Å². The lowest BCUT2D eigenvalue weighted by Crippen LogP contribution is -2.36. The van der Waals surface area contributed by atoms with Crippen molar-refractivity contribution in [1.29, 1.82) is 0 Å². The molecule has 0 saturated heterocycles. The highest BCUT2D eigenvalue weighted by molar-refractivity contribution is 7.88. The number of para-hydroxylation sites is 1. The van der Waals surface area contributed by atoms with Crippen molar-refractivity contribution in [3.63, 3.8) is 0 Å². The molecule has 1 aliphatic heterocycles. The fourth-order valence-electron chi connectivity index (χ4n) is 3.22. The third kappa shape index (κ3) is 4.12. The number of benzene rings is 2. The summed E-state index contributed by atoms with van der Waals surface area (Å²) < 4.78 is 36.8. The molecule has 0 fully saturated rings. The van der Waals surface area contributed by atoms with Gasteiger partial charge in [-0.15, -0.1) is 4.40 Å². The topological polar surface area (TPSA) is 106 Å². The first-order valence-electron chi connectivity index (χ1n) is 9.67. The second-order valence-electron chi connectivity index (χ2n) is 7.06. The molecule has 0 spiro atoms. The van der Waals surface area contributed by atoms with Gasteiger partial charge in [0.2, 0.25) is 0 Å². The van der Waals surface area contributed by atoms with Crippen molar-refractivity contribution < 1.29 is 17.9 Å².